The lowest BCUT2D eigenvalue weighted by atomic mass is 10.1. The van der Waals surface area contributed by atoms with Gasteiger partial charge in [-0.25, -0.2) is 4.99 Å². The van der Waals surface area contributed by atoms with Crippen LogP contribution >= 0.6 is 24.0 Å². The van der Waals surface area contributed by atoms with Gasteiger partial charge in [0.05, 0.1) is 26.4 Å². The smallest absolute Gasteiger partial charge is 0.195 e. The van der Waals surface area contributed by atoms with Crippen LogP contribution in [0.3, 0.4) is 0 Å². The zero-order valence-corrected chi connectivity index (χ0v) is 19.2. The van der Waals surface area contributed by atoms with Gasteiger partial charge in [0.25, 0.3) is 0 Å². The Hall–Kier alpha value is -2.00. The molecule has 0 heterocycles. The molecule has 0 saturated carbocycles. The van der Waals surface area contributed by atoms with Crippen molar-refractivity contribution in [3.05, 3.63) is 53.6 Å². The number of aliphatic imine (C=N–C) groups is 1. The van der Waals surface area contributed by atoms with Crippen molar-refractivity contribution in [2.24, 2.45) is 4.99 Å². The Kier molecular flexibility index (Phi) is 10.7. The van der Waals surface area contributed by atoms with Gasteiger partial charge in [-0.05, 0) is 38.5 Å². The summed E-state index contributed by atoms with van der Waals surface area (Å²) in [7, 11) is 1.61. The molecule has 0 amide bonds. The first-order valence-electron chi connectivity index (χ1n) is 9.18. The van der Waals surface area contributed by atoms with Gasteiger partial charge >= 0.3 is 0 Å². The maximum absolute atomic E-state index is 10.4. The first-order valence-corrected chi connectivity index (χ1v) is 9.18. The van der Waals surface area contributed by atoms with Crippen molar-refractivity contribution < 1.29 is 14.6 Å². The molecule has 0 aromatic heterocycles. The summed E-state index contributed by atoms with van der Waals surface area (Å²) in [4.78, 5) is 4.49. The Morgan fingerprint density at radius 2 is 1.82 bits per heavy atom. The number of aryl methyl sites for hydroxylation is 1. The van der Waals surface area contributed by atoms with Gasteiger partial charge in [-0.15, -0.1) is 24.0 Å². The van der Waals surface area contributed by atoms with Crippen molar-refractivity contribution in [1.82, 2.24) is 5.32 Å². The van der Waals surface area contributed by atoms with E-state index in [4.69, 9.17) is 9.47 Å². The summed E-state index contributed by atoms with van der Waals surface area (Å²) in [5.41, 5.74) is 2.83. The minimum Gasteiger partial charge on any atom is -0.493 e. The van der Waals surface area contributed by atoms with Gasteiger partial charge in [-0.3, -0.25) is 0 Å². The molecule has 0 spiro atoms. The average Bonchev–Trinajstić information content (AvgIpc) is 2.68. The van der Waals surface area contributed by atoms with Crippen LogP contribution in [0.1, 0.15) is 31.1 Å². The third-order valence-electron chi connectivity index (χ3n) is 3.95. The Labute approximate surface area is 184 Å². The van der Waals surface area contributed by atoms with Crippen molar-refractivity contribution in [3.63, 3.8) is 0 Å². The fourth-order valence-corrected chi connectivity index (χ4v) is 2.54. The van der Waals surface area contributed by atoms with Crippen LogP contribution in [0.5, 0.6) is 11.5 Å². The number of aliphatic hydroxyl groups is 1. The lowest BCUT2D eigenvalue weighted by Gasteiger charge is -2.15. The van der Waals surface area contributed by atoms with Crippen molar-refractivity contribution in [1.29, 1.82) is 0 Å². The van der Waals surface area contributed by atoms with Crippen molar-refractivity contribution in [2.45, 2.75) is 26.9 Å². The summed E-state index contributed by atoms with van der Waals surface area (Å²) < 4.78 is 10.9. The van der Waals surface area contributed by atoms with E-state index in [0.717, 1.165) is 16.8 Å². The number of anilines is 1. The first-order chi connectivity index (χ1) is 13.1. The molecule has 1 unspecified atom stereocenters. The predicted molar refractivity (Wildman–Crippen MR) is 125 cm³/mol. The van der Waals surface area contributed by atoms with Crippen LogP contribution in [0.15, 0.2) is 47.5 Å². The normalized spacial score (nSPS) is 12.0. The molecule has 0 bridgehead atoms. The number of hydrogen-bond donors (Lipinski definition) is 3. The maximum atomic E-state index is 10.4. The quantitative estimate of drug-likeness (QED) is 0.290. The third-order valence-corrected chi connectivity index (χ3v) is 3.95. The molecule has 0 aliphatic carbocycles. The van der Waals surface area contributed by atoms with Gasteiger partial charge in [0.1, 0.15) is 0 Å². The molecule has 0 saturated heterocycles. The van der Waals surface area contributed by atoms with Gasteiger partial charge in [0.15, 0.2) is 17.5 Å². The monoisotopic (exact) mass is 499 g/mol. The SMILES string of the molecule is CCNC(=NCC(O)c1ccc(C)cc1)Nc1ccc(OCC)c(OC)c1.I. The number of hydrogen-bond acceptors (Lipinski definition) is 4. The van der Waals surface area contributed by atoms with E-state index in [0.29, 0.717) is 30.6 Å². The molecule has 0 aliphatic rings. The van der Waals surface area contributed by atoms with Crippen LogP contribution < -0.4 is 20.1 Å². The minimum absolute atomic E-state index is 0. The molecule has 154 valence electrons. The van der Waals surface area contributed by atoms with Crippen LogP contribution in [0.4, 0.5) is 5.69 Å². The van der Waals surface area contributed by atoms with Gasteiger partial charge in [-0.2, -0.15) is 0 Å². The van der Waals surface area contributed by atoms with Gasteiger partial charge in [0, 0.05) is 18.3 Å². The average molecular weight is 499 g/mol. The molecular weight excluding hydrogens is 469 g/mol. The van der Waals surface area contributed by atoms with E-state index in [-0.39, 0.29) is 30.5 Å². The minimum atomic E-state index is -0.657. The standard InChI is InChI=1S/C21H29N3O3.HI/c1-5-22-21(23-14-18(25)16-9-7-15(3)8-10-16)24-17-11-12-19(27-6-2)20(13-17)26-4;/h7-13,18,25H,5-6,14H2,1-4H3,(H2,22,23,24);1H. The van der Waals surface area contributed by atoms with E-state index in [1.807, 2.05) is 63.2 Å². The Morgan fingerprint density at radius 1 is 1.11 bits per heavy atom. The second-order valence-electron chi connectivity index (χ2n) is 6.07. The second kappa shape index (κ2) is 12.5. The van der Waals surface area contributed by atoms with Crippen molar-refractivity contribution >= 4 is 35.6 Å². The van der Waals surface area contributed by atoms with E-state index < -0.39 is 6.10 Å². The van der Waals surface area contributed by atoms with E-state index in [9.17, 15) is 5.11 Å². The first kappa shape index (κ1) is 24.0. The van der Waals surface area contributed by atoms with E-state index in [1.54, 1.807) is 7.11 Å². The number of halogens is 1. The van der Waals surface area contributed by atoms with Gasteiger partial charge in [-0.1, -0.05) is 29.8 Å². The zero-order valence-electron chi connectivity index (χ0n) is 16.9. The van der Waals surface area contributed by atoms with Crippen LogP contribution in [0.25, 0.3) is 0 Å². The molecule has 0 aliphatic heterocycles. The molecule has 0 radical (unpaired) electrons. The van der Waals surface area contributed by atoms with E-state index >= 15 is 0 Å². The summed E-state index contributed by atoms with van der Waals surface area (Å²) in [5, 5.41) is 16.8. The lowest BCUT2D eigenvalue weighted by Crippen LogP contribution is -2.31. The Morgan fingerprint density at radius 3 is 2.43 bits per heavy atom. The fourth-order valence-electron chi connectivity index (χ4n) is 2.54. The van der Waals surface area contributed by atoms with Crippen LogP contribution in [0.2, 0.25) is 0 Å². The summed E-state index contributed by atoms with van der Waals surface area (Å²) in [6.07, 6.45) is -0.657. The van der Waals surface area contributed by atoms with E-state index in [2.05, 4.69) is 15.6 Å². The van der Waals surface area contributed by atoms with Gasteiger partial charge < -0.3 is 25.2 Å². The highest BCUT2D eigenvalue weighted by atomic mass is 127. The molecule has 3 N–H and O–H groups in total. The third kappa shape index (κ3) is 7.20. The highest BCUT2D eigenvalue weighted by Gasteiger charge is 2.09. The number of nitrogens with zero attached hydrogens (tertiary/aromatic N) is 1. The lowest BCUT2D eigenvalue weighted by molar-refractivity contribution is 0.187. The Bertz CT molecular complexity index is 751. The summed E-state index contributed by atoms with van der Waals surface area (Å²) in [6, 6.07) is 13.4. The molecule has 1 atom stereocenters. The fraction of sp³-hybridized carbons (Fsp3) is 0.381. The van der Waals surface area contributed by atoms with Crippen LogP contribution in [-0.4, -0.2) is 37.9 Å². The highest BCUT2D eigenvalue weighted by Crippen LogP contribution is 2.30. The summed E-state index contributed by atoms with van der Waals surface area (Å²) in [5.74, 6) is 1.94. The van der Waals surface area contributed by atoms with Crippen LogP contribution in [-0.2, 0) is 0 Å². The highest BCUT2D eigenvalue weighted by molar-refractivity contribution is 14.0. The number of benzene rings is 2. The van der Waals surface area contributed by atoms with Crippen LogP contribution in [0, 0.1) is 6.92 Å². The summed E-state index contributed by atoms with van der Waals surface area (Å²) >= 11 is 0. The Balaban J connectivity index is 0.00000392. The topological polar surface area (TPSA) is 75.1 Å². The van der Waals surface area contributed by atoms with Crippen molar-refractivity contribution in [3.8, 4) is 11.5 Å². The molecule has 2 rings (SSSR count). The largest absolute Gasteiger partial charge is 0.493 e. The maximum Gasteiger partial charge on any atom is 0.195 e. The number of rotatable bonds is 8. The number of nitrogens with one attached hydrogen (secondary N) is 2. The zero-order chi connectivity index (χ0) is 19.6. The number of ether oxygens (including phenoxy) is 2. The van der Waals surface area contributed by atoms with E-state index in [1.165, 1.54) is 0 Å². The van der Waals surface area contributed by atoms with Crippen molar-refractivity contribution in [2.75, 3.05) is 32.1 Å². The molecular formula is C21H30IN3O3. The molecule has 2 aromatic rings. The molecule has 2 aromatic carbocycles. The second-order valence-corrected chi connectivity index (χ2v) is 6.07. The van der Waals surface area contributed by atoms with Gasteiger partial charge in [0.2, 0.25) is 0 Å². The summed E-state index contributed by atoms with van der Waals surface area (Å²) in [6.45, 7) is 7.48. The number of guanidine groups is 1. The molecule has 7 heteroatoms. The predicted octanol–water partition coefficient (Wildman–Crippen LogP) is 4.13. The number of methoxy groups -OCH3 is 1. The molecule has 6 nitrogen and oxygen atoms in total. The number of aliphatic hydroxyl groups excluding tert-OH is 1. The molecule has 28 heavy (non-hydrogen) atoms. The molecule has 0 fully saturated rings.